The molecule has 0 saturated carbocycles. The third kappa shape index (κ3) is 1.59. The Labute approximate surface area is 79.0 Å². The summed E-state index contributed by atoms with van der Waals surface area (Å²) in [6, 6.07) is 0. The third-order valence-corrected chi connectivity index (χ3v) is 2.71. The zero-order chi connectivity index (χ0) is 10.2. The van der Waals surface area contributed by atoms with E-state index in [9.17, 15) is 9.90 Å². The lowest BCUT2D eigenvalue weighted by atomic mass is 9.71. The number of carbonyl (C=O) groups is 1. The van der Waals surface area contributed by atoms with Gasteiger partial charge in [-0.05, 0) is 29.9 Å². The Balaban J connectivity index is 3.23. The van der Waals surface area contributed by atoms with Crippen LogP contribution in [-0.2, 0) is 4.79 Å². The van der Waals surface area contributed by atoms with Crippen LogP contribution in [0.15, 0.2) is 23.8 Å². The summed E-state index contributed by atoms with van der Waals surface area (Å²) in [6.45, 7) is 9.49. The topological polar surface area (TPSA) is 37.3 Å². The molecule has 72 valence electrons. The van der Waals surface area contributed by atoms with Crippen LogP contribution in [0.1, 0.15) is 27.2 Å². The first-order chi connectivity index (χ1) is 5.90. The van der Waals surface area contributed by atoms with Crippen molar-refractivity contribution in [1.82, 2.24) is 0 Å². The molecule has 1 aliphatic rings. The number of hydrogen-bond acceptors (Lipinski definition) is 2. The van der Waals surface area contributed by atoms with Crippen LogP contribution in [0.5, 0.6) is 0 Å². The Morgan fingerprint density at radius 3 is 2.62 bits per heavy atom. The number of aliphatic hydroxyl groups is 1. The molecule has 0 saturated heterocycles. The second-order valence-electron chi connectivity index (χ2n) is 4.21. The monoisotopic (exact) mass is 180 g/mol. The van der Waals surface area contributed by atoms with Crippen molar-refractivity contribution >= 4 is 5.78 Å². The highest BCUT2D eigenvalue weighted by Crippen LogP contribution is 2.39. The minimum Gasteiger partial charge on any atom is -0.385 e. The summed E-state index contributed by atoms with van der Waals surface area (Å²) < 4.78 is 0. The van der Waals surface area contributed by atoms with Gasteiger partial charge in [-0.3, -0.25) is 4.79 Å². The average molecular weight is 180 g/mol. The van der Waals surface area contributed by atoms with E-state index in [2.05, 4.69) is 6.58 Å². The second-order valence-corrected chi connectivity index (χ2v) is 4.21. The second kappa shape index (κ2) is 3.11. The highest BCUT2D eigenvalue weighted by atomic mass is 16.3. The first-order valence-corrected chi connectivity index (χ1v) is 4.46. The molecule has 2 nitrogen and oxygen atoms in total. The van der Waals surface area contributed by atoms with E-state index in [0.29, 0.717) is 12.0 Å². The Morgan fingerprint density at radius 1 is 1.62 bits per heavy atom. The maximum Gasteiger partial charge on any atom is 0.187 e. The fourth-order valence-corrected chi connectivity index (χ4v) is 2.01. The van der Waals surface area contributed by atoms with E-state index < -0.39 is 6.10 Å². The standard InChI is InChI=1S/C11H16O2/c1-5-8-7(2)10(13)9(12)6-11(8,3)4/h5,9,12H,1,6H2,2-4H3. The Kier molecular flexibility index (Phi) is 2.44. The lowest BCUT2D eigenvalue weighted by Gasteiger charge is -2.34. The van der Waals surface area contributed by atoms with E-state index >= 15 is 0 Å². The van der Waals surface area contributed by atoms with Gasteiger partial charge in [-0.2, -0.15) is 0 Å². The maximum absolute atomic E-state index is 11.4. The van der Waals surface area contributed by atoms with Crippen molar-refractivity contribution in [3.8, 4) is 0 Å². The molecule has 1 rings (SSSR count). The fraction of sp³-hybridized carbons (Fsp3) is 0.545. The maximum atomic E-state index is 11.4. The molecule has 0 amide bonds. The molecule has 0 heterocycles. The van der Waals surface area contributed by atoms with Crippen LogP contribution < -0.4 is 0 Å². The first-order valence-electron chi connectivity index (χ1n) is 4.46. The van der Waals surface area contributed by atoms with Gasteiger partial charge in [0.2, 0.25) is 0 Å². The molecular weight excluding hydrogens is 164 g/mol. The van der Waals surface area contributed by atoms with Crippen LogP contribution >= 0.6 is 0 Å². The largest absolute Gasteiger partial charge is 0.385 e. The van der Waals surface area contributed by atoms with Gasteiger partial charge in [0.05, 0.1) is 0 Å². The van der Waals surface area contributed by atoms with Crippen LogP contribution in [-0.4, -0.2) is 17.0 Å². The van der Waals surface area contributed by atoms with Crippen molar-refractivity contribution in [3.63, 3.8) is 0 Å². The SMILES string of the molecule is C=CC1=C(C)C(=O)C(O)CC1(C)C. The zero-order valence-electron chi connectivity index (χ0n) is 8.42. The van der Waals surface area contributed by atoms with Gasteiger partial charge in [-0.15, -0.1) is 0 Å². The lowest BCUT2D eigenvalue weighted by Crippen LogP contribution is -2.35. The van der Waals surface area contributed by atoms with E-state index in [1.165, 1.54) is 0 Å². The highest BCUT2D eigenvalue weighted by molar-refractivity contribution is 6.00. The fourth-order valence-electron chi connectivity index (χ4n) is 2.01. The van der Waals surface area contributed by atoms with Gasteiger partial charge in [0.1, 0.15) is 6.10 Å². The molecule has 0 radical (unpaired) electrons. The molecule has 0 bridgehead atoms. The summed E-state index contributed by atoms with van der Waals surface area (Å²) in [5.74, 6) is -0.158. The van der Waals surface area contributed by atoms with Gasteiger partial charge in [0.15, 0.2) is 5.78 Å². The highest BCUT2D eigenvalue weighted by Gasteiger charge is 2.36. The molecule has 0 aromatic rings. The lowest BCUT2D eigenvalue weighted by molar-refractivity contribution is -0.125. The molecule has 0 fully saturated rings. The van der Waals surface area contributed by atoms with E-state index in [-0.39, 0.29) is 11.2 Å². The summed E-state index contributed by atoms with van der Waals surface area (Å²) in [5, 5.41) is 9.48. The summed E-state index contributed by atoms with van der Waals surface area (Å²) in [7, 11) is 0. The van der Waals surface area contributed by atoms with E-state index in [0.717, 1.165) is 5.57 Å². The van der Waals surface area contributed by atoms with Gasteiger partial charge in [-0.25, -0.2) is 0 Å². The third-order valence-electron chi connectivity index (χ3n) is 2.71. The molecule has 1 aliphatic carbocycles. The molecule has 0 aliphatic heterocycles. The normalized spacial score (nSPS) is 27.7. The molecule has 13 heavy (non-hydrogen) atoms. The number of rotatable bonds is 1. The Bertz CT molecular complexity index is 284. The van der Waals surface area contributed by atoms with Crippen molar-refractivity contribution in [3.05, 3.63) is 23.8 Å². The molecule has 0 aromatic heterocycles. The van der Waals surface area contributed by atoms with Gasteiger partial charge in [0.25, 0.3) is 0 Å². The van der Waals surface area contributed by atoms with Crippen LogP contribution in [0, 0.1) is 5.41 Å². The Hall–Kier alpha value is -0.890. The number of aliphatic hydroxyl groups excluding tert-OH is 1. The van der Waals surface area contributed by atoms with Gasteiger partial charge in [-0.1, -0.05) is 26.5 Å². The number of carbonyl (C=O) groups excluding carboxylic acids is 1. The summed E-state index contributed by atoms with van der Waals surface area (Å²) in [5.41, 5.74) is 1.47. The van der Waals surface area contributed by atoms with Crippen molar-refractivity contribution in [2.45, 2.75) is 33.3 Å². The summed E-state index contributed by atoms with van der Waals surface area (Å²) in [6.07, 6.45) is 1.38. The van der Waals surface area contributed by atoms with Crippen molar-refractivity contribution in [1.29, 1.82) is 0 Å². The molecule has 1 unspecified atom stereocenters. The van der Waals surface area contributed by atoms with Crippen LogP contribution in [0.3, 0.4) is 0 Å². The number of hydrogen-bond donors (Lipinski definition) is 1. The van der Waals surface area contributed by atoms with E-state index in [1.807, 2.05) is 13.8 Å². The van der Waals surface area contributed by atoms with Crippen LogP contribution in [0.4, 0.5) is 0 Å². The van der Waals surface area contributed by atoms with E-state index in [4.69, 9.17) is 0 Å². The van der Waals surface area contributed by atoms with Gasteiger partial charge < -0.3 is 5.11 Å². The average Bonchev–Trinajstić information content (AvgIpc) is 2.00. The quantitative estimate of drug-likeness (QED) is 0.668. The summed E-state index contributed by atoms with van der Waals surface area (Å²) in [4.78, 5) is 11.4. The minimum absolute atomic E-state index is 0.140. The number of allylic oxidation sites excluding steroid dienone is 2. The number of ketones is 1. The molecule has 0 aromatic carbocycles. The molecule has 1 atom stereocenters. The summed E-state index contributed by atoms with van der Waals surface area (Å²) >= 11 is 0. The zero-order valence-corrected chi connectivity index (χ0v) is 8.42. The van der Waals surface area contributed by atoms with Gasteiger partial charge >= 0.3 is 0 Å². The molecule has 0 spiro atoms. The predicted octanol–water partition coefficient (Wildman–Crippen LogP) is 1.85. The predicted molar refractivity (Wildman–Crippen MR) is 52.3 cm³/mol. The van der Waals surface area contributed by atoms with Crippen molar-refractivity contribution < 1.29 is 9.90 Å². The smallest absolute Gasteiger partial charge is 0.187 e. The van der Waals surface area contributed by atoms with Gasteiger partial charge in [0, 0.05) is 0 Å². The van der Waals surface area contributed by atoms with Crippen molar-refractivity contribution in [2.75, 3.05) is 0 Å². The molecular formula is C11H16O2. The van der Waals surface area contributed by atoms with Crippen LogP contribution in [0.2, 0.25) is 0 Å². The minimum atomic E-state index is -0.835. The van der Waals surface area contributed by atoms with E-state index in [1.54, 1.807) is 13.0 Å². The Morgan fingerprint density at radius 2 is 2.15 bits per heavy atom. The molecule has 2 heteroatoms. The number of Topliss-reactive ketones (excluding diaryl/α,β-unsaturated/α-hetero) is 1. The first kappa shape index (κ1) is 10.2. The van der Waals surface area contributed by atoms with Crippen LogP contribution in [0.25, 0.3) is 0 Å². The van der Waals surface area contributed by atoms with Crippen molar-refractivity contribution in [2.24, 2.45) is 5.41 Å². The molecule has 1 N–H and O–H groups in total.